The number of hydrogen-bond donors (Lipinski definition) is 1. The van der Waals surface area contributed by atoms with E-state index in [1.54, 1.807) is 18.7 Å². The molecule has 0 saturated heterocycles. The number of rotatable bonds is 6. The van der Waals surface area contributed by atoms with Crippen LogP contribution in [0.1, 0.15) is 82.8 Å². The highest BCUT2D eigenvalue weighted by atomic mass is 28.4. The van der Waals surface area contributed by atoms with Crippen LogP contribution in [0.3, 0.4) is 0 Å². The van der Waals surface area contributed by atoms with E-state index in [-0.39, 0.29) is 34.6 Å². The van der Waals surface area contributed by atoms with Crippen LogP contribution < -0.4 is 10.2 Å². The van der Waals surface area contributed by atoms with Crippen molar-refractivity contribution in [2.45, 2.75) is 108 Å². The van der Waals surface area contributed by atoms with Crippen LogP contribution in [0, 0.1) is 0 Å². The smallest absolute Gasteiger partial charge is 0.405 e. The first-order valence-corrected chi connectivity index (χ1v) is 16.7. The van der Waals surface area contributed by atoms with E-state index in [2.05, 4.69) is 56.3 Å². The molecule has 1 N–H and O–H groups in total. The minimum atomic E-state index is -4.45. The number of carbonyl (C=O) groups is 1. The van der Waals surface area contributed by atoms with Crippen LogP contribution in [-0.2, 0) is 33.1 Å². The third-order valence-electron chi connectivity index (χ3n) is 9.21. The van der Waals surface area contributed by atoms with Gasteiger partial charge in [-0.3, -0.25) is 9.69 Å². The lowest BCUT2D eigenvalue weighted by Gasteiger charge is -2.36. The van der Waals surface area contributed by atoms with Crippen LogP contribution in [0.4, 0.5) is 30.5 Å². The zero-order valence-corrected chi connectivity index (χ0v) is 25.0. The quantitative estimate of drug-likeness (QED) is 0.376. The maximum atomic E-state index is 13.9. The Labute approximate surface area is 229 Å². The van der Waals surface area contributed by atoms with Crippen LogP contribution in [0.15, 0.2) is 18.2 Å². The molecule has 3 aliphatic rings. The molecule has 1 fully saturated rings. The van der Waals surface area contributed by atoms with Gasteiger partial charge in [0.05, 0.1) is 23.3 Å². The van der Waals surface area contributed by atoms with Gasteiger partial charge in [0.25, 0.3) is 0 Å². The number of carbonyl (C=O) groups excluding carboxylic acids is 1. The van der Waals surface area contributed by atoms with Crippen LogP contribution in [0.25, 0.3) is 0 Å². The van der Waals surface area contributed by atoms with Crippen LogP contribution >= 0.6 is 0 Å². The molecule has 1 aromatic carbocycles. The first-order chi connectivity index (χ1) is 18.0. The lowest BCUT2D eigenvalue weighted by Crippen LogP contribution is -2.40. The molecule has 1 spiro atoms. The maximum Gasteiger partial charge on any atom is 0.405 e. The van der Waals surface area contributed by atoms with Gasteiger partial charge in [-0.1, -0.05) is 26.8 Å². The zero-order chi connectivity index (χ0) is 28.6. The van der Waals surface area contributed by atoms with Gasteiger partial charge in [0.15, 0.2) is 14.1 Å². The summed E-state index contributed by atoms with van der Waals surface area (Å²) in [5, 5.41) is 2.41. The van der Waals surface area contributed by atoms with E-state index >= 15 is 0 Å². The van der Waals surface area contributed by atoms with Gasteiger partial charge in [-0.15, -0.1) is 0 Å². The third kappa shape index (κ3) is 4.99. The van der Waals surface area contributed by atoms with Gasteiger partial charge in [-0.25, -0.2) is 9.97 Å². The number of anilines is 3. The number of benzene rings is 1. The predicted octanol–water partition coefficient (Wildman–Crippen LogP) is 7.30. The number of halogens is 3. The second-order valence-electron chi connectivity index (χ2n) is 13.4. The SMILES string of the molecule is CC1(C)C(=O)N(c2ccc3c(c2)C2(CCC3)CC2)c2nc(CO[Si](C)(C)C(C)(C)C)nc(NCC(F)(F)F)c21. The molecule has 0 bridgehead atoms. The van der Waals surface area contributed by atoms with E-state index in [4.69, 9.17) is 9.41 Å². The molecule has 1 saturated carbocycles. The van der Waals surface area contributed by atoms with Gasteiger partial charge in [-0.05, 0) is 92.8 Å². The van der Waals surface area contributed by atoms with Crippen LogP contribution in [0.2, 0.25) is 18.1 Å². The molecule has 10 heteroatoms. The summed E-state index contributed by atoms with van der Waals surface area (Å²) in [5.41, 5.74) is 2.80. The largest absolute Gasteiger partial charge is 0.409 e. The molecule has 212 valence electrons. The average Bonchev–Trinajstić information content (AvgIpc) is 3.56. The van der Waals surface area contributed by atoms with Crippen LogP contribution in [-0.4, -0.2) is 36.9 Å². The minimum absolute atomic E-state index is 0.0311. The van der Waals surface area contributed by atoms with Crippen molar-refractivity contribution >= 4 is 31.5 Å². The number of nitrogens with one attached hydrogen (secondary N) is 1. The second-order valence-corrected chi connectivity index (χ2v) is 18.3. The molecule has 39 heavy (non-hydrogen) atoms. The number of amides is 1. The summed E-state index contributed by atoms with van der Waals surface area (Å²) in [6.07, 6.45) is 1.21. The number of alkyl halides is 3. The molecule has 2 aliphatic carbocycles. The Morgan fingerprint density at radius 1 is 1.10 bits per heavy atom. The number of fused-ring (bicyclic) bond motifs is 3. The molecule has 0 atom stereocenters. The molecule has 6 nitrogen and oxygen atoms in total. The molecule has 1 aliphatic heterocycles. The van der Waals surface area contributed by atoms with Crippen molar-refractivity contribution in [3.63, 3.8) is 0 Å². The Morgan fingerprint density at radius 3 is 2.41 bits per heavy atom. The zero-order valence-electron chi connectivity index (χ0n) is 24.0. The Kier molecular flexibility index (Phi) is 6.50. The minimum Gasteiger partial charge on any atom is -0.409 e. The number of nitrogens with zero attached hydrogens (tertiary/aromatic N) is 3. The third-order valence-corrected chi connectivity index (χ3v) is 13.7. The lowest BCUT2D eigenvalue weighted by molar-refractivity contribution is -0.121. The molecular weight excluding hydrogens is 521 g/mol. The molecule has 2 heterocycles. The number of aromatic nitrogens is 2. The molecule has 0 unspecified atom stereocenters. The van der Waals surface area contributed by atoms with Crippen LogP contribution in [0.5, 0.6) is 0 Å². The monoisotopic (exact) mass is 560 g/mol. The Morgan fingerprint density at radius 2 is 1.79 bits per heavy atom. The van der Waals surface area contributed by atoms with Gasteiger partial charge >= 0.3 is 6.18 Å². The van der Waals surface area contributed by atoms with Crippen molar-refractivity contribution in [1.29, 1.82) is 0 Å². The second kappa shape index (κ2) is 9.02. The summed E-state index contributed by atoms with van der Waals surface area (Å²) in [4.78, 5) is 24.8. The van der Waals surface area contributed by atoms with E-state index in [0.717, 1.165) is 25.7 Å². The topological polar surface area (TPSA) is 67.4 Å². The normalized spacial score (nSPS) is 19.7. The average molecular weight is 561 g/mol. The van der Waals surface area contributed by atoms with E-state index in [1.165, 1.54) is 17.5 Å². The van der Waals surface area contributed by atoms with Crippen molar-refractivity contribution in [3.05, 3.63) is 40.7 Å². The van der Waals surface area contributed by atoms with Crippen molar-refractivity contribution < 1.29 is 22.4 Å². The standard InChI is InChI=1S/C29H39F3N4O2Si/c1-26(2,3)39(6,7)38-16-21-34-23(33-17-29(30,31)32)22-24(35-21)36(25(37)27(22,4)5)19-11-10-18-9-8-12-28(13-14-28)20(18)15-19/h10-11,15H,8-9,12-14,16-17H2,1-7H3,(H,33,34,35). The molecule has 0 radical (unpaired) electrons. The number of hydrogen-bond acceptors (Lipinski definition) is 5. The Hall–Kier alpha value is -2.46. The summed E-state index contributed by atoms with van der Waals surface area (Å²) in [7, 11) is -2.19. The van der Waals surface area contributed by atoms with Crippen molar-refractivity contribution in [2.75, 3.05) is 16.8 Å². The lowest BCUT2D eigenvalue weighted by atomic mass is 9.80. The Balaban J connectivity index is 1.60. The van der Waals surface area contributed by atoms with Gasteiger partial charge < -0.3 is 9.74 Å². The van der Waals surface area contributed by atoms with Gasteiger partial charge in [0.2, 0.25) is 5.91 Å². The first-order valence-electron chi connectivity index (χ1n) is 13.8. The summed E-state index contributed by atoms with van der Waals surface area (Å²) in [5.74, 6) is 0.392. The van der Waals surface area contributed by atoms with Gasteiger partial charge in [0.1, 0.15) is 18.2 Å². The van der Waals surface area contributed by atoms with Crippen molar-refractivity contribution in [2.24, 2.45) is 0 Å². The molecular formula is C29H39F3N4O2Si. The van der Waals surface area contributed by atoms with Gasteiger partial charge in [-0.2, -0.15) is 13.2 Å². The van der Waals surface area contributed by atoms with Crippen molar-refractivity contribution in [3.8, 4) is 0 Å². The predicted molar refractivity (Wildman–Crippen MR) is 149 cm³/mol. The summed E-state index contributed by atoms with van der Waals surface area (Å²) in [6.45, 7) is 12.8. The van der Waals surface area contributed by atoms with E-state index in [1.807, 2.05) is 6.07 Å². The fourth-order valence-electron chi connectivity index (χ4n) is 5.63. The highest BCUT2D eigenvalue weighted by Gasteiger charge is 2.51. The first kappa shape index (κ1) is 28.1. The molecule has 5 rings (SSSR count). The summed E-state index contributed by atoms with van der Waals surface area (Å²) in [6, 6.07) is 6.16. The molecule has 2 aromatic rings. The molecule has 1 amide bonds. The molecule has 1 aromatic heterocycles. The maximum absolute atomic E-state index is 13.9. The summed E-state index contributed by atoms with van der Waals surface area (Å²) < 4.78 is 46.2. The summed E-state index contributed by atoms with van der Waals surface area (Å²) >= 11 is 0. The van der Waals surface area contributed by atoms with E-state index < -0.39 is 26.5 Å². The highest BCUT2D eigenvalue weighted by Crippen LogP contribution is 2.57. The fourth-order valence-corrected chi connectivity index (χ4v) is 6.55. The number of aryl methyl sites for hydroxylation is 1. The van der Waals surface area contributed by atoms with E-state index in [9.17, 15) is 18.0 Å². The Bertz CT molecular complexity index is 1310. The fraction of sp³-hybridized carbons (Fsp3) is 0.621. The highest BCUT2D eigenvalue weighted by molar-refractivity contribution is 6.74. The van der Waals surface area contributed by atoms with E-state index in [0.29, 0.717) is 17.1 Å². The van der Waals surface area contributed by atoms with Crippen molar-refractivity contribution in [1.82, 2.24) is 9.97 Å². The van der Waals surface area contributed by atoms with Gasteiger partial charge in [0, 0.05) is 0 Å².